The minimum Gasteiger partial charge on any atom is -0.450 e. The highest BCUT2D eigenvalue weighted by atomic mass is 32.2. The topological polar surface area (TPSA) is 383 Å². The Morgan fingerprint density at radius 2 is 0.463 bits per heavy atom. The van der Waals surface area contributed by atoms with Crippen molar-refractivity contribution in [3.8, 4) is 69.0 Å². The fourth-order valence-electron chi connectivity index (χ4n) is 13.6. The van der Waals surface area contributed by atoms with E-state index in [1.165, 1.54) is 121 Å². The maximum Gasteiger partial charge on any atom is 0.339 e. The van der Waals surface area contributed by atoms with Crippen molar-refractivity contribution < 1.29 is 89.0 Å². The summed E-state index contributed by atoms with van der Waals surface area (Å²) in [6.45, 7) is 13.4. The van der Waals surface area contributed by atoms with Gasteiger partial charge in [0.1, 0.15) is 54.7 Å². The van der Waals surface area contributed by atoms with Crippen LogP contribution in [0.3, 0.4) is 0 Å². The number of nitro benzene ring substituents is 4. The van der Waals surface area contributed by atoms with Gasteiger partial charge in [0, 0.05) is 105 Å². The Kier molecular flexibility index (Phi) is 19.5. The van der Waals surface area contributed by atoms with Gasteiger partial charge in [-0.3, -0.25) is 40.5 Å². The van der Waals surface area contributed by atoms with Crippen LogP contribution in [0.4, 0.5) is 22.7 Å². The summed E-state index contributed by atoms with van der Waals surface area (Å²) in [5, 5.41) is 54.1. The van der Waals surface area contributed by atoms with Gasteiger partial charge in [-0.2, -0.15) is 33.7 Å². The lowest BCUT2D eigenvalue weighted by atomic mass is 9.77. The van der Waals surface area contributed by atoms with Gasteiger partial charge in [-0.05, 0) is 126 Å². The molecule has 10 aromatic carbocycles. The molecule has 4 unspecified atom stereocenters. The van der Waals surface area contributed by atoms with Gasteiger partial charge in [0.2, 0.25) is 23.0 Å². The zero-order chi connectivity index (χ0) is 77.4. The molecule has 0 spiro atoms. The average Bonchev–Trinajstić information content (AvgIpc) is 0.732. The highest BCUT2D eigenvalue weighted by molar-refractivity contribution is 7.88. The molecule has 12 rings (SSSR count). The maximum absolute atomic E-state index is 15.1. The number of benzene rings is 10. The Morgan fingerprint density at radius 1 is 0.278 bits per heavy atom. The predicted octanol–water partition coefficient (Wildman–Crippen LogP) is 17.9. The molecule has 108 heavy (non-hydrogen) atoms. The molecule has 0 saturated heterocycles. The van der Waals surface area contributed by atoms with E-state index in [-0.39, 0.29) is 89.8 Å². The number of hydrogen-bond donors (Lipinski definition) is 0. The number of aryl methyl sites for hydroxylation is 4. The average molecular weight is 1550 g/mol. The molecule has 2 aliphatic heterocycles. The monoisotopic (exact) mass is 1540 g/mol. The van der Waals surface area contributed by atoms with Crippen molar-refractivity contribution in [2.24, 2.45) is 0 Å². The summed E-state index contributed by atoms with van der Waals surface area (Å²) >= 11 is 0. The third-order valence-corrected chi connectivity index (χ3v) is 24.0. The summed E-state index contributed by atoms with van der Waals surface area (Å²) in [5.41, 5.74) is -2.31. The van der Waals surface area contributed by atoms with Crippen molar-refractivity contribution in [1.82, 2.24) is 0 Å². The fraction of sp³-hybridized carbons (Fsp3) is 0.211. The number of hydrogen-bond acceptors (Lipinski definition) is 24. The molecule has 32 heteroatoms. The van der Waals surface area contributed by atoms with E-state index in [2.05, 4.69) is 0 Å². The van der Waals surface area contributed by atoms with Gasteiger partial charge in [0.05, 0.1) is 19.7 Å². The molecule has 4 atom stereocenters. The zero-order valence-corrected chi connectivity index (χ0v) is 61.8. The second kappa shape index (κ2) is 28.4. The van der Waals surface area contributed by atoms with Gasteiger partial charge in [-0.25, -0.2) is 0 Å². The molecule has 0 radical (unpaired) electrons. The van der Waals surface area contributed by atoms with E-state index < -0.39 is 176 Å². The van der Waals surface area contributed by atoms with Crippen molar-refractivity contribution >= 4 is 63.2 Å². The van der Waals surface area contributed by atoms with Gasteiger partial charge in [-0.15, -0.1) is 0 Å². The van der Waals surface area contributed by atoms with Crippen LogP contribution in [-0.2, 0) is 40.5 Å². The first kappa shape index (κ1) is 74.3. The third kappa shape index (κ3) is 14.1. The van der Waals surface area contributed by atoms with E-state index in [1.807, 2.05) is 0 Å². The van der Waals surface area contributed by atoms with Crippen LogP contribution in [0.1, 0.15) is 144 Å². The van der Waals surface area contributed by atoms with E-state index in [0.29, 0.717) is 34.4 Å². The number of fused-ring (bicyclic) bond motifs is 12. The first-order valence-corrected chi connectivity index (χ1v) is 39.2. The molecule has 28 nitrogen and oxygen atoms in total. The molecule has 0 aromatic heterocycles. The fourth-order valence-corrected chi connectivity index (χ4v) is 17.4. The first-order valence-electron chi connectivity index (χ1n) is 33.6. The SMILES string of the molecule is CCC1c2cc3c4cc2Oc2cc(c([N+](=O)[O-])cc2[N+](=O)[O-])Oc2cc(c(cc2C(CC)c2cc1c(OS(=O)(=O)c1ccc(C)cc1)cc2OS(=O)(=O)c1ccc(C)cc1)C(CC)c1cc(c(OS(=O)(=O)c2ccc(C)cc2)cc1OS(=O)(=O)c1ccc(C)cc1)C3CC)Oc1cc(c([N+](=O)[O-])cc1[N+](=O)[O-])O4. The standard InChI is InChI=1S/C76H64N4O24S4/c1-9-49-53-29-54-50(10-2)59-32-60(72(104-108(95,96)48-27-19-44(8)20-28-48)38-71(59)103-107(93,94)47-25-17-43(7)18-26-47)52(12-4)56-30-55(51(11-3)58-31-57(49)69(101-105(89,90)45-21-13-41(5)14-22-45)37-70(58)102-106(91,92)46-23-15-42(6)16-24-46)67-36-68(56)100-76-40-75(63(79(85)86)34-64(76)80(87)88)98-66(54)35-65(53)97-73-39-74(99-67)62(78(83)84)33-61(73)77(81)82/h13-40,49-52H,9-12H2,1-8H3. The summed E-state index contributed by atoms with van der Waals surface area (Å²) < 4.78 is 173. The van der Waals surface area contributed by atoms with Gasteiger partial charge in [-0.1, -0.05) is 98.5 Å². The van der Waals surface area contributed by atoms with Gasteiger partial charge >= 0.3 is 63.2 Å². The zero-order valence-electron chi connectivity index (χ0n) is 58.5. The number of nitro groups is 4. The second-order valence-electron chi connectivity index (χ2n) is 26.0. The van der Waals surface area contributed by atoms with Crippen LogP contribution in [-0.4, -0.2) is 53.4 Å². The third-order valence-electron chi connectivity index (χ3n) is 19.0. The minimum absolute atomic E-state index is 0.0834. The lowest BCUT2D eigenvalue weighted by Gasteiger charge is -2.31. The second-order valence-corrected chi connectivity index (χ2v) is 32.2. The van der Waals surface area contributed by atoms with Crippen LogP contribution < -0.4 is 35.7 Å². The number of nitrogens with zero attached hydrogens (tertiary/aromatic N) is 4. The molecule has 8 bridgehead atoms. The van der Waals surface area contributed by atoms with Crippen LogP contribution in [0.2, 0.25) is 0 Å². The van der Waals surface area contributed by atoms with Gasteiger partial charge < -0.3 is 35.7 Å². The molecule has 0 saturated carbocycles. The van der Waals surface area contributed by atoms with E-state index in [9.17, 15) is 40.5 Å². The van der Waals surface area contributed by atoms with Crippen LogP contribution in [0, 0.1) is 68.2 Å². The number of rotatable bonds is 20. The van der Waals surface area contributed by atoms with Crippen molar-refractivity contribution in [2.45, 2.75) is 124 Å². The Bertz CT molecular complexity index is 5210. The van der Waals surface area contributed by atoms with Gasteiger partial charge in [0.15, 0.2) is 23.0 Å². The molecule has 0 N–H and O–H groups in total. The summed E-state index contributed by atoms with van der Waals surface area (Å²) in [7, 11) is -20.0. The molecule has 0 fully saturated rings. The minimum atomic E-state index is -5.00. The summed E-state index contributed by atoms with van der Waals surface area (Å²) in [6.07, 6.45) is -0.690. The van der Waals surface area contributed by atoms with Crippen LogP contribution in [0.5, 0.6) is 69.0 Å². The highest BCUT2D eigenvalue weighted by Crippen LogP contribution is 2.58. The Morgan fingerprint density at radius 3 is 0.648 bits per heavy atom. The summed E-state index contributed by atoms with van der Waals surface area (Å²) in [4.78, 5) is 48.7. The molecular weight excluding hydrogens is 1480 g/mol. The maximum atomic E-state index is 15.1. The predicted molar refractivity (Wildman–Crippen MR) is 390 cm³/mol. The highest BCUT2D eigenvalue weighted by Gasteiger charge is 2.41. The molecule has 2 heterocycles. The molecule has 2 aliphatic rings. The Balaban J connectivity index is 1.28. The lowest BCUT2D eigenvalue weighted by molar-refractivity contribution is -0.395. The summed E-state index contributed by atoms with van der Waals surface area (Å²) in [6, 6.07) is 35.0. The largest absolute Gasteiger partial charge is 0.450 e. The van der Waals surface area contributed by atoms with Gasteiger partial charge in [0.25, 0.3) is 0 Å². The van der Waals surface area contributed by atoms with Crippen molar-refractivity contribution in [2.75, 3.05) is 0 Å². The van der Waals surface area contributed by atoms with Crippen LogP contribution >= 0.6 is 0 Å². The summed E-state index contributed by atoms with van der Waals surface area (Å²) in [5.74, 6) is -12.9. The van der Waals surface area contributed by atoms with E-state index in [4.69, 9.17) is 35.7 Å². The van der Waals surface area contributed by atoms with Crippen LogP contribution in [0.25, 0.3) is 0 Å². The Labute approximate surface area is 619 Å². The van der Waals surface area contributed by atoms with E-state index in [1.54, 1.807) is 55.4 Å². The molecule has 556 valence electrons. The Hall–Kier alpha value is -12.0. The molecule has 0 amide bonds. The molecule has 10 aromatic rings. The normalized spacial score (nSPS) is 15.7. The van der Waals surface area contributed by atoms with Crippen molar-refractivity contribution in [3.63, 3.8) is 0 Å². The number of ether oxygens (including phenoxy) is 4. The quantitative estimate of drug-likeness (QED) is 0.0388. The molecular formula is C76H64N4O24S4. The van der Waals surface area contributed by atoms with Crippen molar-refractivity contribution in [1.29, 1.82) is 0 Å². The van der Waals surface area contributed by atoms with E-state index >= 15 is 33.7 Å². The first-order chi connectivity index (χ1) is 51.2. The molecule has 0 aliphatic carbocycles. The smallest absolute Gasteiger partial charge is 0.339 e. The van der Waals surface area contributed by atoms with E-state index in [0.717, 1.165) is 36.4 Å². The van der Waals surface area contributed by atoms with Crippen LogP contribution in [0.15, 0.2) is 189 Å². The van der Waals surface area contributed by atoms with Crippen molar-refractivity contribution in [3.05, 3.63) is 277 Å². The lowest BCUT2D eigenvalue weighted by Crippen LogP contribution is -2.18.